The maximum atomic E-state index is 12.3. The molecule has 4 rings (SSSR count). The van der Waals surface area contributed by atoms with Gasteiger partial charge in [-0.1, -0.05) is 23.3 Å². The third kappa shape index (κ3) is 3.42. The minimum absolute atomic E-state index is 0.0359. The van der Waals surface area contributed by atoms with E-state index in [1.54, 1.807) is 17.8 Å². The molecule has 1 aliphatic rings. The van der Waals surface area contributed by atoms with E-state index in [0.29, 0.717) is 5.56 Å². The number of hydrogen-bond donors (Lipinski definition) is 0. The first-order chi connectivity index (χ1) is 12.6. The summed E-state index contributed by atoms with van der Waals surface area (Å²) in [4.78, 5) is 20.0. The third-order valence-corrected chi connectivity index (χ3v) is 6.91. The van der Waals surface area contributed by atoms with Crippen LogP contribution in [0.1, 0.15) is 0 Å². The molecule has 1 aromatic carbocycles. The zero-order chi connectivity index (χ0) is 18.1. The fourth-order valence-electron chi connectivity index (χ4n) is 3.02. The molecule has 2 aromatic heterocycles. The normalized spacial score (nSPS) is 15.4. The van der Waals surface area contributed by atoms with Crippen molar-refractivity contribution >= 4 is 28.2 Å². The van der Waals surface area contributed by atoms with Gasteiger partial charge in [-0.15, -0.1) is 11.3 Å². The molecule has 3 aromatic rings. The van der Waals surface area contributed by atoms with Gasteiger partial charge < -0.3 is 14.0 Å². The van der Waals surface area contributed by atoms with Gasteiger partial charge in [0.25, 0.3) is 5.56 Å². The molecule has 3 heterocycles. The minimum atomic E-state index is -0.664. The highest BCUT2D eigenvalue weighted by atomic mass is 32.2. The Labute approximate surface area is 159 Å². The molecule has 7 heteroatoms. The average Bonchev–Trinajstić information content (AvgIpc) is 3.15. The lowest BCUT2D eigenvalue weighted by Gasteiger charge is -2.29. The number of hydrogen-bond acceptors (Lipinski definition) is 5. The van der Waals surface area contributed by atoms with E-state index < -0.39 is 11.2 Å². The molecule has 5 nitrogen and oxygen atoms in total. The summed E-state index contributed by atoms with van der Waals surface area (Å²) in [6.07, 6.45) is 3.57. The highest BCUT2D eigenvalue weighted by Gasteiger charge is 2.19. The maximum Gasteiger partial charge on any atom is 0.260 e. The summed E-state index contributed by atoms with van der Waals surface area (Å²) in [6.45, 7) is 1.68. The second-order valence-corrected chi connectivity index (χ2v) is 8.98. The summed E-state index contributed by atoms with van der Waals surface area (Å²) in [5, 5.41) is 0.740. The van der Waals surface area contributed by atoms with Crippen molar-refractivity contribution in [2.24, 2.45) is 7.05 Å². The molecule has 0 amide bonds. The molecule has 0 atom stereocenters. The zero-order valence-corrected chi connectivity index (χ0v) is 16.1. The monoisotopic (exact) mass is 385 g/mol. The van der Waals surface area contributed by atoms with Crippen molar-refractivity contribution in [2.45, 2.75) is 0 Å². The van der Waals surface area contributed by atoms with Gasteiger partial charge in [-0.25, -0.2) is 4.98 Å². The third-order valence-electron chi connectivity index (χ3n) is 4.55. The van der Waals surface area contributed by atoms with Gasteiger partial charge in [-0.3, -0.25) is 4.79 Å². The number of rotatable bonds is 3. The fourth-order valence-corrected chi connectivity index (χ4v) is 5.02. The molecule has 0 unspecified atom stereocenters. The van der Waals surface area contributed by atoms with E-state index in [-0.39, 0.29) is 5.56 Å². The van der Waals surface area contributed by atoms with Crippen molar-refractivity contribution in [1.82, 2.24) is 9.55 Å². The molecular weight excluding hydrogens is 366 g/mol. The number of nitrogens with zero attached hydrogens (tertiary/aromatic N) is 3. The van der Waals surface area contributed by atoms with Crippen LogP contribution in [0, 0.1) is 0 Å². The van der Waals surface area contributed by atoms with Gasteiger partial charge in [0, 0.05) is 25.1 Å². The van der Waals surface area contributed by atoms with E-state index in [2.05, 4.69) is 34.1 Å². The Balaban J connectivity index is 1.56. The second-order valence-electron chi connectivity index (χ2n) is 6.25. The van der Waals surface area contributed by atoms with Crippen LogP contribution in [0.15, 0.2) is 53.6 Å². The molecule has 0 spiro atoms. The Bertz CT molecular complexity index is 957. The fraction of sp³-hybridized carbons (Fsp3) is 0.263. The van der Waals surface area contributed by atoms with Crippen molar-refractivity contribution in [2.75, 3.05) is 29.5 Å². The molecule has 1 aliphatic heterocycles. The van der Waals surface area contributed by atoms with E-state index in [1.807, 2.05) is 18.3 Å². The minimum Gasteiger partial charge on any atom is -0.616 e. The lowest BCUT2D eigenvalue weighted by atomic mass is 10.2. The van der Waals surface area contributed by atoms with Crippen molar-refractivity contribution < 1.29 is 4.55 Å². The van der Waals surface area contributed by atoms with Crippen LogP contribution in [0.4, 0.5) is 5.69 Å². The largest absolute Gasteiger partial charge is 0.616 e. The summed E-state index contributed by atoms with van der Waals surface area (Å²) in [5.74, 6) is 1.48. The van der Waals surface area contributed by atoms with Gasteiger partial charge >= 0.3 is 0 Å². The van der Waals surface area contributed by atoms with Crippen molar-refractivity contribution in [3.05, 3.63) is 59.1 Å². The highest BCUT2D eigenvalue weighted by Crippen LogP contribution is 2.32. The SMILES string of the molecule is Cn1cccc(-c2ncc(-c3ccc(N4CC[S+]([O-])CC4)cc3)s2)c1=O. The summed E-state index contributed by atoms with van der Waals surface area (Å²) in [5.41, 5.74) is 2.84. The van der Waals surface area contributed by atoms with Gasteiger partial charge in [-0.2, -0.15) is 0 Å². The summed E-state index contributed by atoms with van der Waals surface area (Å²) >= 11 is 0.862. The van der Waals surface area contributed by atoms with Crippen LogP contribution in [0.5, 0.6) is 0 Å². The highest BCUT2D eigenvalue weighted by molar-refractivity contribution is 7.91. The van der Waals surface area contributed by atoms with E-state index in [1.165, 1.54) is 11.3 Å². The Morgan fingerprint density at radius 1 is 1.15 bits per heavy atom. The first-order valence-electron chi connectivity index (χ1n) is 8.44. The van der Waals surface area contributed by atoms with Gasteiger partial charge in [0.15, 0.2) is 0 Å². The molecule has 0 aliphatic carbocycles. The maximum absolute atomic E-state index is 12.3. The standard InChI is InChI=1S/C19H19N3O2S2/c1-21-8-2-3-16(19(21)23)18-20-13-17(25-18)14-4-6-15(7-5-14)22-9-11-26(24)12-10-22/h2-8,13H,9-12H2,1H3. The number of anilines is 1. The molecule has 1 fully saturated rings. The van der Waals surface area contributed by atoms with Crippen molar-refractivity contribution in [1.29, 1.82) is 0 Å². The predicted molar refractivity (Wildman–Crippen MR) is 108 cm³/mol. The number of aromatic nitrogens is 2. The summed E-state index contributed by atoms with van der Waals surface area (Å²) in [6, 6.07) is 12.0. The number of benzene rings is 1. The Morgan fingerprint density at radius 2 is 1.88 bits per heavy atom. The number of thiazole rings is 1. The topological polar surface area (TPSA) is 61.2 Å². The lowest BCUT2D eigenvalue weighted by Crippen LogP contribution is -2.40. The first kappa shape index (κ1) is 17.3. The summed E-state index contributed by atoms with van der Waals surface area (Å²) < 4.78 is 13.1. The van der Waals surface area contributed by atoms with Crippen LogP contribution in [-0.4, -0.2) is 38.7 Å². The predicted octanol–water partition coefficient (Wildman–Crippen LogP) is 2.74. The lowest BCUT2D eigenvalue weighted by molar-refractivity contribution is 0.586. The second kappa shape index (κ2) is 7.26. The van der Waals surface area contributed by atoms with E-state index >= 15 is 0 Å². The van der Waals surface area contributed by atoms with Crippen LogP contribution >= 0.6 is 11.3 Å². The molecular formula is C19H19N3O2S2. The van der Waals surface area contributed by atoms with Gasteiger partial charge in [0.05, 0.1) is 23.5 Å². The molecule has 0 radical (unpaired) electrons. The molecule has 1 saturated heterocycles. The van der Waals surface area contributed by atoms with Crippen LogP contribution in [0.2, 0.25) is 0 Å². The van der Waals surface area contributed by atoms with Crippen molar-refractivity contribution in [3.63, 3.8) is 0 Å². The Kier molecular flexibility index (Phi) is 4.84. The van der Waals surface area contributed by atoms with Crippen LogP contribution in [0.25, 0.3) is 21.0 Å². The number of aryl methyl sites for hydroxylation is 1. The molecule has 0 saturated carbocycles. The van der Waals surface area contributed by atoms with Gasteiger partial charge in [0.2, 0.25) is 0 Å². The molecule has 0 N–H and O–H groups in total. The Hall–Kier alpha value is -2.09. The average molecular weight is 386 g/mol. The van der Waals surface area contributed by atoms with Gasteiger partial charge in [0.1, 0.15) is 16.5 Å². The molecule has 134 valence electrons. The molecule has 0 bridgehead atoms. The van der Waals surface area contributed by atoms with Crippen LogP contribution in [0.3, 0.4) is 0 Å². The van der Waals surface area contributed by atoms with Crippen LogP contribution < -0.4 is 10.5 Å². The van der Waals surface area contributed by atoms with E-state index in [9.17, 15) is 9.35 Å². The van der Waals surface area contributed by atoms with Gasteiger partial charge in [-0.05, 0) is 29.8 Å². The van der Waals surface area contributed by atoms with Crippen molar-refractivity contribution in [3.8, 4) is 21.0 Å². The van der Waals surface area contributed by atoms with E-state index in [4.69, 9.17) is 0 Å². The quantitative estimate of drug-likeness (QED) is 0.651. The zero-order valence-electron chi connectivity index (χ0n) is 14.4. The van der Waals surface area contributed by atoms with Crippen LogP contribution in [-0.2, 0) is 18.2 Å². The Morgan fingerprint density at radius 3 is 2.62 bits per heavy atom. The number of pyridine rings is 1. The summed E-state index contributed by atoms with van der Waals surface area (Å²) in [7, 11) is 1.75. The molecule has 26 heavy (non-hydrogen) atoms. The first-order valence-corrected chi connectivity index (χ1v) is 10.7. The smallest absolute Gasteiger partial charge is 0.260 e. The van der Waals surface area contributed by atoms with E-state index in [0.717, 1.165) is 45.7 Å².